The molecule has 0 radical (unpaired) electrons. The van der Waals surface area contributed by atoms with E-state index in [2.05, 4.69) is 10.2 Å². The summed E-state index contributed by atoms with van der Waals surface area (Å²) in [5, 5.41) is 7.09. The average Bonchev–Trinajstić information content (AvgIpc) is 3.40. The number of nitrogens with two attached hydrogens (primary N) is 1. The van der Waals surface area contributed by atoms with Crippen LogP contribution in [0.2, 0.25) is 0 Å². The molecule has 1 aromatic carbocycles. The maximum absolute atomic E-state index is 13.3. The molecular formula is C20H20N4O2S. The molecule has 0 bridgehead atoms. The third kappa shape index (κ3) is 3.26. The number of carbonyl (C=O) groups excluding carboxylic acids is 2. The molecule has 1 aliphatic rings. The molecule has 138 valence electrons. The number of H-pyrrole nitrogens is 1. The number of likely N-dealkylation sites (tertiary alicyclic amines) is 1. The lowest BCUT2D eigenvalue weighted by molar-refractivity contribution is 0.0738. The van der Waals surface area contributed by atoms with Gasteiger partial charge in [-0.15, -0.1) is 11.3 Å². The highest BCUT2D eigenvalue weighted by atomic mass is 32.1. The van der Waals surface area contributed by atoms with E-state index in [0.717, 1.165) is 34.5 Å². The van der Waals surface area contributed by atoms with Crippen LogP contribution in [0.25, 0.3) is 11.3 Å². The lowest BCUT2D eigenvalue weighted by atomic mass is 10.0. The predicted molar refractivity (Wildman–Crippen MR) is 105 cm³/mol. The summed E-state index contributed by atoms with van der Waals surface area (Å²) in [6.07, 6.45) is 3.40. The molecule has 0 saturated carbocycles. The van der Waals surface area contributed by atoms with Crippen molar-refractivity contribution in [2.45, 2.75) is 25.8 Å². The number of aryl methyl sites for hydroxylation is 1. The van der Waals surface area contributed by atoms with Crippen LogP contribution in [0.4, 0.5) is 0 Å². The lowest BCUT2D eigenvalue weighted by Gasteiger charge is -2.24. The van der Waals surface area contributed by atoms with E-state index < -0.39 is 5.91 Å². The summed E-state index contributed by atoms with van der Waals surface area (Å²) in [4.78, 5) is 28.1. The fourth-order valence-corrected chi connectivity index (χ4v) is 4.60. The number of aromatic amines is 1. The number of hydrogen-bond acceptors (Lipinski definition) is 4. The Kier molecular flexibility index (Phi) is 4.53. The Labute approximate surface area is 161 Å². The summed E-state index contributed by atoms with van der Waals surface area (Å²) in [5.41, 5.74) is 8.74. The summed E-state index contributed by atoms with van der Waals surface area (Å²) in [5.74, 6) is -0.476. The molecule has 0 aliphatic carbocycles. The molecule has 7 heteroatoms. The maximum atomic E-state index is 13.3. The van der Waals surface area contributed by atoms with Crippen molar-refractivity contribution in [2.75, 3.05) is 6.54 Å². The second-order valence-corrected chi connectivity index (χ2v) is 7.87. The SMILES string of the molecule is Cc1cccc(-c2[nH]ncc2C(=O)N2CCC[C@@H]2c2ccc(C(N)=O)s2)c1. The van der Waals surface area contributed by atoms with Gasteiger partial charge in [-0.3, -0.25) is 14.7 Å². The van der Waals surface area contributed by atoms with Gasteiger partial charge < -0.3 is 10.6 Å². The zero-order valence-corrected chi connectivity index (χ0v) is 15.8. The van der Waals surface area contributed by atoms with Gasteiger partial charge in [-0.25, -0.2) is 0 Å². The van der Waals surface area contributed by atoms with Crippen LogP contribution < -0.4 is 5.73 Å². The number of benzene rings is 1. The van der Waals surface area contributed by atoms with Crippen molar-refractivity contribution in [3.05, 3.63) is 63.5 Å². The monoisotopic (exact) mass is 380 g/mol. The average molecular weight is 380 g/mol. The highest BCUT2D eigenvalue weighted by molar-refractivity contribution is 7.14. The minimum Gasteiger partial charge on any atom is -0.365 e. The first-order chi connectivity index (χ1) is 13.0. The standard InChI is InChI=1S/C20H20N4O2S/c1-12-4-2-5-13(10-12)18-14(11-22-23-18)20(26)24-9-3-6-15(24)16-7-8-17(27-16)19(21)25/h2,4-5,7-8,10-11,15H,3,6,9H2,1H3,(H2,21,25)(H,22,23)/t15-/m1/s1. The van der Waals surface area contributed by atoms with Crippen LogP contribution in [0.15, 0.2) is 42.6 Å². The van der Waals surface area contributed by atoms with E-state index >= 15 is 0 Å². The van der Waals surface area contributed by atoms with Crippen LogP contribution in [-0.2, 0) is 0 Å². The summed E-state index contributed by atoms with van der Waals surface area (Å²) in [7, 11) is 0. The largest absolute Gasteiger partial charge is 0.365 e. The van der Waals surface area contributed by atoms with Crippen LogP contribution >= 0.6 is 11.3 Å². The molecule has 3 heterocycles. The number of carbonyl (C=O) groups is 2. The molecule has 2 amide bonds. The Hall–Kier alpha value is -2.93. The summed E-state index contributed by atoms with van der Waals surface area (Å²) >= 11 is 1.37. The topological polar surface area (TPSA) is 92.1 Å². The first-order valence-electron chi connectivity index (χ1n) is 8.85. The lowest BCUT2D eigenvalue weighted by Crippen LogP contribution is -2.30. The van der Waals surface area contributed by atoms with Crippen molar-refractivity contribution in [3.8, 4) is 11.3 Å². The number of nitrogens with zero attached hydrogens (tertiary/aromatic N) is 2. The molecule has 4 rings (SSSR count). The molecule has 1 fully saturated rings. The predicted octanol–water partition coefficient (Wildman–Crippen LogP) is 3.52. The van der Waals surface area contributed by atoms with Gasteiger partial charge >= 0.3 is 0 Å². The fraction of sp³-hybridized carbons (Fsp3) is 0.250. The molecule has 2 aromatic heterocycles. The summed E-state index contributed by atoms with van der Waals surface area (Å²) < 4.78 is 0. The van der Waals surface area contributed by atoms with Gasteiger partial charge in [0, 0.05) is 17.0 Å². The minimum absolute atomic E-state index is 0.0316. The molecule has 3 aromatic rings. The van der Waals surface area contributed by atoms with Gasteiger partial charge in [-0.05, 0) is 38.0 Å². The van der Waals surface area contributed by atoms with Gasteiger partial charge in [0.25, 0.3) is 11.8 Å². The van der Waals surface area contributed by atoms with E-state index in [1.54, 1.807) is 12.3 Å². The Morgan fingerprint density at radius 1 is 1.30 bits per heavy atom. The fourth-order valence-electron chi connectivity index (χ4n) is 3.59. The van der Waals surface area contributed by atoms with Crippen LogP contribution in [0, 0.1) is 6.92 Å². The van der Waals surface area contributed by atoms with Crippen molar-refractivity contribution >= 4 is 23.2 Å². The Bertz CT molecular complexity index is 1010. The molecular weight excluding hydrogens is 360 g/mol. The highest BCUT2D eigenvalue weighted by Gasteiger charge is 2.33. The molecule has 1 aliphatic heterocycles. The van der Waals surface area contributed by atoms with E-state index in [-0.39, 0.29) is 11.9 Å². The Balaban J connectivity index is 1.64. The summed E-state index contributed by atoms with van der Waals surface area (Å²) in [6.45, 7) is 2.71. The smallest absolute Gasteiger partial charge is 0.258 e. The summed E-state index contributed by atoms with van der Waals surface area (Å²) in [6, 6.07) is 11.6. The zero-order chi connectivity index (χ0) is 19.0. The third-order valence-corrected chi connectivity index (χ3v) is 6.09. The van der Waals surface area contributed by atoms with Crippen molar-refractivity contribution in [2.24, 2.45) is 5.73 Å². The first-order valence-corrected chi connectivity index (χ1v) is 9.67. The normalized spacial score (nSPS) is 16.6. The molecule has 1 atom stereocenters. The maximum Gasteiger partial charge on any atom is 0.258 e. The zero-order valence-electron chi connectivity index (χ0n) is 14.9. The van der Waals surface area contributed by atoms with Crippen molar-refractivity contribution < 1.29 is 9.59 Å². The van der Waals surface area contributed by atoms with Gasteiger partial charge in [0.05, 0.1) is 28.4 Å². The molecule has 3 N–H and O–H groups in total. The minimum atomic E-state index is -0.432. The van der Waals surface area contributed by atoms with E-state index in [9.17, 15) is 9.59 Å². The number of amides is 2. The van der Waals surface area contributed by atoms with E-state index in [1.807, 2.05) is 42.2 Å². The van der Waals surface area contributed by atoms with Crippen LogP contribution in [0.5, 0.6) is 0 Å². The third-order valence-electron chi connectivity index (χ3n) is 4.89. The van der Waals surface area contributed by atoms with Gasteiger partial charge in [-0.2, -0.15) is 5.10 Å². The second kappa shape index (κ2) is 7.00. The van der Waals surface area contributed by atoms with Crippen LogP contribution in [0.3, 0.4) is 0 Å². The van der Waals surface area contributed by atoms with Gasteiger partial charge in [0.2, 0.25) is 0 Å². The van der Waals surface area contributed by atoms with Gasteiger partial charge in [0.15, 0.2) is 0 Å². The number of thiophene rings is 1. The number of aromatic nitrogens is 2. The molecule has 1 saturated heterocycles. The first kappa shape index (κ1) is 17.5. The molecule has 0 spiro atoms. The number of primary amides is 1. The number of hydrogen-bond donors (Lipinski definition) is 2. The van der Waals surface area contributed by atoms with Crippen molar-refractivity contribution in [3.63, 3.8) is 0 Å². The van der Waals surface area contributed by atoms with Crippen molar-refractivity contribution in [1.82, 2.24) is 15.1 Å². The highest BCUT2D eigenvalue weighted by Crippen LogP contribution is 2.37. The van der Waals surface area contributed by atoms with Crippen LogP contribution in [0.1, 0.15) is 49.4 Å². The molecule has 0 unspecified atom stereocenters. The molecule has 6 nitrogen and oxygen atoms in total. The quantitative estimate of drug-likeness (QED) is 0.725. The van der Waals surface area contributed by atoms with E-state index in [4.69, 9.17) is 5.73 Å². The Morgan fingerprint density at radius 3 is 2.89 bits per heavy atom. The van der Waals surface area contributed by atoms with Crippen LogP contribution in [-0.4, -0.2) is 33.5 Å². The number of nitrogens with one attached hydrogen (secondary N) is 1. The van der Waals surface area contributed by atoms with Gasteiger partial charge in [0.1, 0.15) is 0 Å². The van der Waals surface area contributed by atoms with E-state index in [1.165, 1.54) is 11.3 Å². The van der Waals surface area contributed by atoms with Gasteiger partial charge in [-0.1, -0.05) is 23.8 Å². The van der Waals surface area contributed by atoms with E-state index in [0.29, 0.717) is 17.0 Å². The molecule has 27 heavy (non-hydrogen) atoms. The van der Waals surface area contributed by atoms with Crippen molar-refractivity contribution in [1.29, 1.82) is 0 Å². The number of rotatable bonds is 4. The Morgan fingerprint density at radius 2 is 2.15 bits per heavy atom. The second-order valence-electron chi connectivity index (χ2n) is 6.75.